The third-order valence-corrected chi connectivity index (χ3v) is 4.19. The minimum Gasteiger partial charge on any atom is -0.480 e. The fourth-order valence-corrected chi connectivity index (χ4v) is 3.15. The molecule has 0 heterocycles. The molecule has 1 aliphatic carbocycles. The highest BCUT2D eigenvalue weighted by Crippen LogP contribution is 2.42. The van der Waals surface area contributed by atoms with Gasteiger partial charge >= 0.3 is 5.97 Å². The van der Waals surface area contributed by atoms with Crippen LogP contribution >= 0.6 is 0 Å². The normalized spacial score (nSPS) is 16.9. The van der Waals surface area contributed by atoms with Crippen LogP contribution in [-0.2, 0) is 15.0 Å². The van der Waals surface area contributed by atoms with Crippen molar-refractivity contribution in [3.05, 3.63) is 35.9 Å². The molecule has 4 heteroatoms. The van der Waals surface area contributed by atoms with E-state index in [9.17, 15) is 9.59 Å². The lowest BCUT2D eigenvalue weighted by atomic mass is 9.77. The molecule has 1 saturated carbocycles. The van der Waals surface area contributed by atoms with E-state index in [2.05, 4.69) is 0 Å². The maximum atomic E-state index is 12.9. The highest BCUT2D eigenvalue weighted by molar-refractivity contribution is 5.90. The number of rotatable bonds is 5. The average molecular weight is 275 g/mol. The predicted molar refractivity (Wildman–Crippen MR) is 76.5 cm³/mol. The van der Waals surface area contributed by atoms with Crippen LogP contribution in [0, 0.1) is 0 Å². The molecule has 1 aromatic rings. The van der Waals surface area contributed by atoms with Crippen molar-refractivity contribution in [3.63, 3.8) is 0 Å². The van der Waals surface area contributed by atoms with Crippen molar-refractivity contribution in [2.24, 2.45) is 0 Å². The number of hydrogen-bond acceptors (Lipinski definition) is 2. The topological polar surface area (TPSA) is 57.6 Å². The van der Waals surface area contributed by atoms with Gasteiger partial charge in [-0.25, -0.2) is 0 Å². The van der Waals surface area contributed by atoms with Crippen LogP contribution in [0.1, 0.15) is 38.2 Å². The van der Waals surface area contributed by atoms with E-state index in [1.807, 2.05) is 37.3 Å². The first-order valence-electron chi connectivity index (χ1n) is 7.17. The van der Waals surface area contributed by atoms with Gasteiger partial charge in [0, 0.05) is 6.54 Å². The Kier molecular flexibility index (Phi) is 4.42. The first-order chi connectivity index (χ1) is 9.60. The number of carboxylic acids is 1. The Morgan fingerprint density at radius 1 is 1.20 bits per heavy atom. The lowest BCUT2D eigenvalue weighted by Gasteiger charge is -2.33. The van der Waals surface area contributed by atoms with Crippen molar-refractivity contribution in [1.82, 2.24) is 4.90 Å². The molecule has 0 spiro atoms. The van der Waals surface area contributed by atoms with Crippen LogP contribution in [0.4, 0.5) is 0 Å². The lowest BCUT2D eigenvalue weighted by Crippen LogP contribution is -2.47. The van der Waals surface area contributed by atoms with Crippen molar-refractivity contribution in [2.75, 3.05) is 13.1 Å². The van der Waals surface area contributed by atoms with Crippen LogP contribution in [0.5, 0.6) is 0 Å². The van der Waals surface area contributed by atoms with Crippen molar-refractivity contribution in [1.29, 1.82) is 0 Å². The van der Waals surface area contributed by atoms with Crippen molar-refractivity contribution < 1.29 is 14.7 Å². The second kappa shape index (κ2) is 6.07. The first-order valence-corrected chi connectivity index (χ1v) is 7.17. The molecule has 1 aliphatic rings. The van der Waals surface area contributed by atoms with Gasteiger partial charge in [0.05, 0.1) is 5.41 Å². The van der Waals surface area contributed by atoms with Crippen LogP contribution in [0.3, 0.4) is 0 Å². The summed E-state index contributed by atoms with van der Waals surface area (Å²) in [5.41, 5.74) is 0.499. The number of aliphatic carboxylic acids is 1. The van der Waals surface area contributed by atoms with Gasteiger partial charge in [-0.15, -0.1) is 0 Å². The van der Waals surface area contributed by atoms with E-state index in [0.717, 1.165) is 31.2 Å². The number of benzene rings is 1. The first kappa shape index (κ1) is 14.6. The summed E-state index contributed by atoms with van der Waals surface area (Å²) >= 11 is 0. The maximum absolute atomic E-state index is 12.9. The molecule has 0 bridgehead atoms. The minimum atomic E-state index is -0.957. The summed E-state index contributed by atoms with van der Waals surface area (Å²) in [5, 5.41) is 8.97. The Bertz CT molecular complexity index is 478. The third kappa shape index (κ3) is 2.69. The van der Waals surface area contributed by atoms with Gasteiger partial charge in [0.25, 0.3) is 0 Å². The number of carboxylic acid groups (broad SMARTS) is 1. The molecule has 0 saturated heterocycles. The van der Waals surface area contributed by atoms with Crippen LogP contribution in [-0.4, -0.2) is 35.0 Å². The van der Waals surface area contributed by atoms with Gasteiger partial charge < -0.3 is 10.0 Å². The largest absolute Gasteiger partial charge is 0.480 e. The van der Waals surface area contributed by atoms with Gasteiger partial charge in [-0.2, -0.15) is 0 Å². The molecule has 0 aliphatic heterocycles. The molecule has 20 heavy (non-hydrogen) atoms. The number of nitrogens with zero attached hydrogens (tertiary/aromatic N) is 1. The molecule has 0 atom stereocenters. The molecule has 0 unspecified atom stereocenters. The zero-order valence-electron chi connectivity index (χ0n) is 11.8. The Balaban J connectivity index is 2.33. The second-order valence-electron chi connectivity index (χ2n) is 5.37. The minimum absolute atomic E-state index is 0.0360. The molecular weight excluding hydrogens is 254 g/mol. The Morgan fingerprint density at radius 3 is 2.30 bits per heavy atom. The molecule has 0 aromatic heterocycles. The second-order valence-corrected chi connectivity index (χ2v) is 5.37. The van der Waals surface area contributed by atoms with Crippen LogP contribution in [0.15, 0.2) is 30.3 Å². The predicted octanol–water partition coefficient (Wildman–Crippen LogP) is 2.43. The molecule has 1 amide bonds. The Hall–Kier alpha value is -1.84. The van der Waals surface area contributed by atoms with Crippen LogP contribution in [0.2, 0.25) is 0 Å². The molecule has 108 valence electrons. The van der Waals surface area contributed by atoms with Gasteiger partial charge in [0.1, 0.15) is 6.54 Å². The molecule has 1 N–H and O–H groups in total. The fourth-order valence-electron chi connectivity index (χ4n) is 3.15. The zero-order chi connectivity index (χ0) is 14.6. The highest BCUT2D eigenvalue weighted by Gasteiger charge is 2.44. The summed E-state index contributed by atoms with van der Waals surface area (Å²) in [6.45, 7) is 2.04. The van der Waals surface area contributed by atoms with Crippen molar-refractivity contribution >= 4 is 11.9 Å². The Labute approximate surface area is 119 Å². The SMILES string of the molecule is CCN(CC(=O)O)C(=O)C1(c2ccccc2)CCCC1. The summed E-state index contributed by atoms with van der Waals surface area (Å²) in [6.07, 6.45) is 3.66. The van der Waals surface area contributed by atoms with E-state index in [0.29, 0.717) is 6.54 Å². The number of amides is 1. The van der Waals surface area contributed by atoms with Gasteiger partial charge in [-0.1, -0.05) is 43.2 Å². The maximum Gasteiger partial charge on any atom is 0.323 e. The summed E-state index contributed by atoms with van der Waals surface area (Å²) in [5.74, 6) is -0.993. The van der Waals surface area contributed by atoms with Crippen LogP contribution in [0.25, 0.3) is 0 Å². The van der Waals surface area contributed by atoms with E-state index in [4.69, 9.17) is 5.11 Å². The number of carbonyl (C=O) groups excluding carboxylic acids is 1. The number of hydrogen-bond donors (Lipinski definition) is 1. The zero-order valence-corrected chi connectivity index (χ0v) is 11.8. The average Bonchev–Trinajstić information content (AvgIpc) is 2.95. The Morgan fingerprint density at radius 2 is 1.80 bits per heavy atom. The molecule has 2 rings (SSSR count). The molecular formula is C16H21NO3. The molecule has 1 aromatic carbocycles. The van der Waals surface area contributed by atoms with E-state index < -0.39 is 11.4 Å². The monoisotopic (exact) mass is 275 g/mol. The van der Waals surface area contributed by atoms with Gasteiger partial charge in [0.2, 0.25) is 5.91 Å². The molecule has 0 radical (unpaired) electrons. The van der Waals surface area contributed by atoms with Crippen molar-refractivity contribution in [3.8, 4) is 0 Å². The number of carbonyl (C=O) groups is 2. The fraction of sp³-hybridized carbons (Fsp3) is 0.500. The van der Waals surface area contributed by atoms with Gasteiger partial charge in [-0.3, -0.25) is 9.59 Å². The van der Waals surface area contributed by atoms with E-state index >= 15 is 0 Å². The van der Waals surface area contributed by atoms with Gasteiger partial charge in [0.15, 0.2) is 0 Å². The van der Waals surface area contributed by atoms with E-state index in [-0.39, 0.29) is 12.5 Å². The third-order valence-electron chi connectivity index (χ3n) is 4.19. The summed E-state index contributed by atoms with van der Waals surface area (Å²) in [6, 6.07) is 9.79. The summed E-state index contributed by atoms with van der Waals surface area (Å²) < 4.78 is 0. The lowest BCUT2D eigenvalue weighted by molar-refractivity contribution is -0.147. The molecule has 1 fully saturated rings. The van der Waals surface area contributed by atoms with E-state index in [1.54, 1.807) is 0 Å². The number of likely N-dealkylation sites (N-methyl/N-ethyl adjacent to an activating group) is 1. The summed E-state index contributed by atoms with van der Waals surface area (Å²) in [4.78, 5) is 25.3. The highest BCUT2D eigenvalue weighted by atomic mass is 16.4. The van der Waals surface area contributed by atoms with Crippen molar-refractivity contribution in [2.45, 2.75) is 38.0 Å². The van der Waals surface area contributed by atoms with Crippen LogP contribution < -0.4 is 0 Å². The molecule has 4 nitrogen and oxygen atoms in total. The smallest absolute Gasteiger partial charge is 0.323 e. The standard InChI is InChI=1S/C16H21NO3/c1-2-17(12-14(18)19)15(20)16(10-6-7-11-16)13-8-4-3-5-9-13/h3-5,8-9H,2,6-7,10-12H2,1H3,(H,18,19). The van der Waals surface area contributed by atoms with Gasteiger partial charge in [-0.05, 0) is 25.3 Å². The summed E-state index contributed by atoms with van der Waals surface area (Å²) in [7, 11) is 0. The quantitative estimate of drug-likeness (QED) is 0.898. The van der Waals surface area contributed by atoms with E-state index in [1.165, 1.54) is 4.90 Å².